The molecule has 0 spiro atoms. The van der Waals surface area contributed by atoms with Gasteiger partial charge in [-0.15, -0.1) is 24.8 Å². The first-order valence-corrected chi connectivity index (χ1v) is 9.09. The van der Waals surface area contributed by atoms with Crippen molar-refractivity contribution in [2.75, 3.05) is 31.6 Å². The zero-order valence-corrected chi connectivity index (χ0v) is 17.9. The number of amides is 1. The van der Waals surface area contributed by atoms with Gasteiger partial charge in [-0.05, 0) is 37.1 Å². The maximum Gasteiger partial charge on any atom is 0.245 e. The van der Waals surface area contributed by atoms with E-state index in [-0.39, 0.29) is 30.7 Å². The lowest BCUT2D eigenvalue weighted by molar-refractivity contribution is -0.117. The third-order valence-corrected chi connectivity index (χ3v) is 4.97. The highest BCUT2D eigenvalue weighted by Gasteiger charge is 2.19. The Morgan fingerprint density at radius 3 is 2.11 bits per heavy atom. The Kier molecular flexibility index (Phi) is 9.93. The minimum Gasteiger partial charge on any atom is -0.379 e. The summed E-state index contributed by atoms with van der Waals surface area (Å²) in [5.74, 6) is -0.206. The lowest BCUT2D eigenvalue weighted by atomic mass is 10.0. The molecule has 0 saturated carbocycles. The average Bonchev–Trinajstić information content (AvgIpc) is 2.68. The molecule has 3 rings (SSSR count). The Labute approximate surface area is 179 Å². The van der Waals surface area contributed by atoms with Gasteiger partial charge in [0, 0.05) is 24.8 Å². The molecule has 154 valence electrons. The summed E-state index contributed by atoms with van der Waals surface area (Å²) in [6.07, 6.45) is 0. The summed E-state index contributed by atoms with van der Waals surface area (Å²) in [7, 11) is 0. The van der Waals surface area contributed by atoms with E-state index in [1.807, 2.05) is 43.3 Å². The molecule has 1 amide bonds. The fourth-order valence-electron chi connectivity index (χ4n) is 3.17. The fraction of sp³-hybridized carbons (Fsp3) is 0.381. The van der Waals surface area contributed by atoms with Crippen molar-refractivity contribution >= 4 is 36.4 Å². The molecule has 1 fully saturated rings. The molecule has 2 aromatic rings. The molecule has 0 bridgehead atoms. The lowest BCUT2D eigenvalue weighted by Gasteiger charge is -2.32. The number of benzene rings is 2. The molecular weight excluding hydrogens is 397 g/mol. The van der Waals surface area contributed by atoms with Crippen molar-refractivity contribution in [1.29, 1.82) is 0 Å². The predicted molar refractivity (Wildman–Crippen MR) is 118 cm³/mol. The molecule has 2 unspecified atom stereocenters. The van der Waals surface area contributed by atoms with Crippen molar-refractivity contribution in [3.63, 3.8) is 0 Å². The van der Waals surface area contributed by atoms with Gasteiger partial charge in [0.1, 0.15) is 6.04 Å². The Morgan fingerprint density at radius 2 is 1.54 bits per heavy atom. The number of aryl methyl sites for hydroxylation is 1. The van der Waals surface area contributed by atoms with E-state index < -0.39 is 6.04 Å². The van der Waals surface area contributed by atoms with Gasteiger partial charge < -0.3 is 15.8 Å². The highest BCUT2D eigenvalue weighted by molar-refractivity contribution is 5.95. The third kappa shape index (κ3) is 6.19. The molecule has 0 aromatic heterocycles. The van der Waals surface area contributed by atoms with Crippen LogP contribution in [0.15, 0.2) is 48.5 Å². The zero-order valence-electron chi connectivity index (χ0n) is 16.3. The monoisotopic (exact) mass is 425 g/mol. The van der Waals surface area contributed by atoms with Gasteiger partial charge in [0.2, 0.25) is 5.91 Å². The standard InChI is InChI=1S/C21H27N3O2.2ClH/c1-15-3-5-18(6-4-15)20(22)21(25)23-19-9-7-17(8-10-19)16(2)24-11-13-26-14-12-24;;/h3-10,16,20H,11-14,22H2,1-2H3,(H,23,25);2*1H. The Morgan fingerprint density at radius 1 is 1.00 bits per heavy atom. The van der Waals surface area contributed by atoms with Gasteiger partial charge in [-0.3, -0.25) is 9.69 Å². The number of nitrogens with two attached hydrogens (primary N) is 1. The zero-order chi connectivity index (χ0) is 18.5. The first-order valence-electron chi connectivity index (χ1n) is 9.09. The number of morpholine rings is 1. The minimum atomic E-state index is -0.678. The highest BCUT2D eigenvalue weighted by atomic mass is 35.5. The topological polar surface area (TPSA) is 67.6 Å². The molecule has 0 aliphatic carbocycles. The van der Waals surface area contributed by atoms with Gasteiger partial charge in [-0.1, -0.05) is 42.0 Å². The molecule has 3 N–H and O–H groups in total. The summed E-state index contributed by atoms with van der Waals surface area (Å²) < 4.78 is 5.41. The van der Waals surface area contributed by atoms with Gasteiger partial charge in [-0.25, -0.2) is 0 Å². The van der Waals surface area contributed by atoms with Gasteiger partial charge >= 0.3 is 0 Å². The molecule has 2 aromatic carbocycles. The highest BCUT2D eigenvalue weighted by Crippen LogP contribution is 2.23. The molecule has 1 saturated heterocycles. The number of hydrogen-bond acceptors (Lipinski definition) is 4. The molecular formula is C21H29Cl2N3O2. The average molecular weight is 426 g/mol. The number of ether oxygens (including phenoxy) is 1. The molecule has 5 nitrogen and oxygen atoms in total. The van der Waals surface area contributed by atoms with Gasteiger partial charge in [0.25, 0.3) is 0 Å². The normalized spacial score (nSPS) is 16.2. The van der Waals surface area contributed by atoms with Crippen LogP contribution in [-0.4, -0.2) is 37.1 Å². The van der Waals surface area contributed by atoms with E-state index >= 15 is 0 Å². The van der Waals surface area contributed by atoms with E-state index in [0.29, 0.717) is 6.04 Å². The number of carbonyl (C=O) groups is 1. The van der Waals surface area contributed by atoms with E-state index in [1.54, 1.807) is 0 Å². The third-order valence-electron chi connectivity index (χ3n) is 4.97. The Bertz CT molecular complexity index is 732. The van der Waals surface area contributed by atoms with Crippen LogP contribution in [0.1, 0.15) is 35.7 Å². The molecule has 0 radical (unpaired) electrons. The minimum absolute atomic E-state index is 0. The van der Waals surface area contributed by atoms with Crippen LogP contribution < -0.4 is 11.1 Å². The van der Waals surface area contributed by atoms with Crippen molar-refractivity contribution < 1.29 is 9.53 Å². The van der Waals surface area contributed by atoms with Gasteiger partial charge in [0.15, 0.2) is 0 Å². The van der Waals surface area contributed by atoms with Crippen LogP contribution in [0.3, 0.4) is 0 Å². The smallest absolute Gasteiger partial charge is 0.245 e. The van der Waals surface area contributed by atoms with E-state index in [2.05, 4.69) is 29.3 Å². The fourth-order valence-corrected chi connectivity index (χ4v) is 3.17. The van der Waals surface area contributed by atoms with E-state index in [1.165, 1.54) is 5.56 Å². The van der Waals surface area contributed by atoms with Crippen molar-refractivity contribution in [3.05, 3.63) is 65.2 Å². The van der Waals surface area contributed by atoms with Crippen molar-refractivity contribution in [2.45, 2.75) is 25.9 Å². The summed E-state index contributed by atoms with van der Waals surface area (Å²) in [6, 6.07) is 15.4. The first-order chi connectivity index (χ1) is 12.5. The van der Waals surface area contributed by atoms with E-state index in [0.717, 1.165) is 43.1 Å². The first kappa shape index (κ1) is 24.4. The molecule has 1 aliphatic heterocycles. The number of anilines is 1. The summed E-state index contributed by atoms with van der Waals surface area (Å²) in [4.78, 5) is 14.8. The van der Waals surface area contributed by atoms with Crippen molar-refractivity contribution in [3.8, 4) is 0 Å². The largest absolute Gasteiger partial charge is 0.379 e. The summed E-state index contributed by atoms with van der Waals surface area (Å²) in [6.45, 7) is 7.68. The number of carbonyl (C=O) groups excluding carboxylic acids is 1. The van der Waals surface area contributed by atoms with Crippen molar-refractivity contribution in [2.24, 2.45) is 5.73 Å². The summed E-state index contributed by atoms with van der Waals surface area (Å²) >= 11 is 0. The molecule has 1 heterocycles. The number of nitrogens with zero attached hydrogens (tertiary/aromatic N) is 1. The van der Waals surface area contributed by atoms with Crippen LogP contribution in [-0.2, 0) is 9.53 Å². The molecule has 2 atom stereocenters. The maximum absolute atomic E-state index is 12.4. The Hall–Kier alpha value is -1.63. The molecule has 1 aliphatic rings. The lowest BCUT2D eigenvalue weighted by Crippen LogP contribution is -2.38. The van der Waals surface area contributed by atoms with Crippen LogP contribution in [0, 0.1) is 6.92 Å². The van der Waals surface area contributed by atoms with Crippen LogP contribution in [0.2, 0.25) is 0 Å². The van der Waals surface area contributed by atoms with Crippen LogP contribution >= 0.6 is 24.8 Å². The van der Waals surface area contributed by atoms with Crippen molar-refractivity contribution in [1.82, 2.24) is 4.90 Å². The Balaban J connectivity index is 0.00000196. The van der Waals surface area contributed by atoms with E-state index in [4.69, 9.17) is 10.5 Å². The number of halogens is 2. The number of hydrogen-bond donors (Lipinski definition) is 2. The van der Waals surface area contributed by atoms with E-state index in [9.17, 15) is 4.79 Å². The predicted octanol–water partition coefficient (Wildman–Crippen LogP) is 3.87. The second-order valence-corrected chi connectivity index (χ2v) is 6.82. The second kappa shape index (κ2) is 11.4. The number of nitrogens with one attached hydrogen (secondary N) is 1. The number of rotatable bonds is 5. The second-order valence-electron chi connectivity index (χ2n) is 6.82. The van der Waals surface area contributed by atoms with Gasteiger partial charge in [-0.2, -0.15) is 0 Å². The summed E-state index contributed by atoms with van der Waals surface area (Å²) in [5.41, 5.74) is 10.0. The molecule has 7 heteroatoms. The quantitative estimate of drug-likeness (QED) is 0.762. The molecule has 28 heavy (non-hydrogen) atoms. The van der Waals surface area contributed by atoms with Crippen LogP contribution in [0.4, 0.5) is 5.69 Å². The van der Waals surface area contributed by atoms with Crippen LogP contribution in [0.25, 0.3) is 0 Å². The van der Waals surface area contributed by atoms with Gasteiger partial charge in [0.05, 0.1) is 13.2 Å². The SMILES string of the molecule is Cc1ccc(C(N)C(=O)Nc2ccc(C(C)N3CCOCC3)cc2)cc1.Cl.Cl. The maximum atomic E-state index is 12.4. The summed E-state index contributed by atoms with van der Waals surface area (Å²) in [5, 5.41) is 2.90. The van der Waals surface area contributed by atoms with Crippen LogP contribution in [0.5, 0.6) is 0 Å².